The van der Waals surface area contributed by atoms with Crippen LogP contribution in [0.25, 0.3) is 0 Å². The first-order valence-electron chi connectivity index (χ1n) is 10.3. The summed E-state index contributed by atoms with van der Waals surface area (Å²) in [4.78, 5) is 12.3. The molecular weight excluding hydrogens is 372 g/mol. The molecule has 1 atom stereocenters. The van der Waals surface area contributed by atoms with E-state index in [2.05, 4.69) is 12.1 Å². The third kappa shape index (κ3) is 6.56. The predicted molar refractivity (Wildman–Crippen MR) is 114 cm³/mol. The van der Waals surface area contributed by atoms with Crippen LogP contribution >= 0.6 is 11.6 Å². The van der Waals surface area contributed by atoms with Crippen LogP contribution in [0, 0.1) is 5.92 Å². The minimum Gasteiger partial charge on any atom is -0.492 e. The SMILES string of the molecule is C[C@@H](Cl)COc1ccc(C(=O)Oc2ccc(CCC3CCCCC3)cc2)cc1. The molecule has 0 aromatic heterocycles. The van der Waals surface area contributed by atoms with Gasteiger partial charge in [-0.15, -0.1) is 11.6 Å². The highest BCUT2D eigenvalue weighted by Crippen LogP contribution is 2.28. The van der Waals surface area contributed by atoms with Crippen molar-refractivity contribution in [2.45, 2.75) is 57.2 Å². The van der Waals surface area contributed by atoms with Gasteiger partial charge in [-0.05, 0) is 67.6 Å². The van der Waals surface area contributed by atoms with Gasteiger partial charge in [0.25, 0.3) is 0 Å². The van der Waals surface area contributed by atoms with E-state index >= 15 is 0 Å². The van der Waals surface area contributed by atoms with Gasteiger partial charge < -0.3 is 9.47 Å². The van der Waals surface area contributed by atoms with Crippen LogP contribution in [0.5, 0.6) is 11.5 Å². The van der Waals surface area contributed by atoms with E-state index in [0.717, 1.165) is 12.3 Å². The largest absolute Gasteiger partial charge is 0.492 e. The maximum atomic E-state index is 12.3. The van der Waals surface area contributed by atoms with Crippen molar-refractivity contribution in [2.24, 2.45) is 5.92 Å². The Morgan fingerprint density at radius 2 is 1.64 bits per heavy atom. The Labute approximate surface area is 173 Å². The van der Waals surface area contributed by atoms with Gasteiger partial charge in [-0.25, -0.2) is 4.79 Å². The van der Waals surface area contributed by atoms with Crippen molar-refractivity contribution in [3.05, 3.63) is 59.7 Å². The summed E-state index contributed by atoms with van der Waals surface area (Å²) in [6.07, 6.45) is 9.29. The van der Waals surface area contributed by atoms with Crippen molar-refractivity contribution in [3.8, 4) is 11.5 Å². The number of esters is 1. The fourth-order valence-corrected chi connectivity index (χ4v) is 3.70. The van der Waals surface area contributed by atoms with Gasteiger partial charge in [0.2, 0.25) is 0 Å². The van der Waals surface area contributed by atoms with Crippen molar-refractivity contribution < 1.29 is 14.3 Å². The van der Waals surface area contributed by atoms with E-state index in [1.807, 2.05) is 19.1 Å². The molecule has 0 unspecified atom stereocenters. The summed E-state index contributed by atoms with van der Waals surface area (Å²) in [7, 11) is 0. The zero-order valence-corrected chi connectivity index (χ0v) is 17.3. The summed E-state index contributed by atoms with van der Waals surface area (Å²) in [6, 6.07) is 14.8. The van der Waals surface area contributed by atoms with Gasteiger partial charge in [0.05, 0.1) is 10.9 Å². The number of alkyl halides is 1. The zero-order chi connectivity index (χ0) is 19.8. The maximum Gasteiger partial charge on any atom is 0.343 e. The average molecular weight is 401 g/mol. The molecule has 1 fully saturated rings. The summed E-state index contributed by atoms with van der Waals surface area (Å²) in [5.74, 6) is 1.77. The number of ether oxygens (including phenoxy) is 2. The number of rotatable bonds is 8. The zero-order valence-electron chi connectivity index (χ0n) is 16.5. The maximum absolute atomic E-state index is 12.3. The lowest BCUT2D eigenvalue weighted by Crippen LogP contribution is -2.10. The second-order valence-electron chi connectivity index (χ2n) is 7.69. The summed E-state index contributed by atoms with van der Waals surface area (Å²) >= 11 is 5.87. The average Bonchev–Trinajstić information content (AvgIpc) is 2.73. The monoisotopic (exact) mass is 400 g/mol. The fourth-order valence-electron chi connectivity index (χ4n) is 3.64. The summed E-state index contributed by atoms with van der Waals surface area (Å²) in [5, 5.41) is -0.0599. The van der Waals surface area contributed by atoms with Crippen LogP contribution in [0.15, 0.2) is 48.5 Å². The molecule has 1 aliphatic rings. The molecule has 2 aromatic carbocycles. The molecule has 2 aromatic rings. The fraction of sp³-hybridized carbons (Fsp3) is 0.458. The molecule has 3 nitrogen and oxygen atoms in total. The van der Waals surface area contributed by atoms with Crippen molar-refractivity contribution >= 4 is 17.6 Å². The van der Waals surface area contributed by atoms with Gasteiger partial charge in [-0.2, -0.15) is 0 Å². The standard InChI is InChI=1S/C24H29ClO3/c1-18(25)17-27-22-15-11-21(12-16-22)24(26)28-23-13-9-20(10-14-23)8-7-19-5-3-2-4-6-19/h9-16,18-19H,2-8,17H2,1H3/t18-/m1/s1. The van der Waals surface area contributed by atoms with Gasteiger partial charge in [0, 0.05) is 0 Å². The number of hydrogen-bond acceptors (Lipinski definition) is 3. The molecule has 0 aliphatic heterocycles. The van der Waals surface area contributed by atoms with E-state index in [4.69, 9.17) is 21.1 Å². The van der Waals surface area contributed by atoms with Crippen LogP contribution in [0.1, 0.15) is 61.4 Å². The van der Waals surface area contributed by atoms with E-state index in [9.17, 15) is 4.79 Å². The van der Waals surface area contributed by atoms with Crippen LogP contribution in [-0.4, -0.2) is 18.0 Å². The molecule has 1 saturated carbocycles. The summed E-state index contributed by atoms with van der Waals surface area (Å²) in [6.45, 7) is 2.30. The van der Waals surface area contributed by atoms with Gasteiger partial charge in [0.1, 0.15) is 18.1 Å². The third-order valence-corrected chi connectivity index (χ3v) is 5.40. The van der Waals surface area contributed by atoms with Crippen LogP contribution < -0.4 is 9.47 Å². The summed E-state index contributed by atoms with van der Waals surface area (Å²) in [5.41, 5.74) is 1.80. The molecule has 3 rings (SSSR count). The Morgan fingerprint density at radius 1 is 1.00 bits per heavy atom. The van der Waals surface area contributed by atoms with Gasteiger partial charge in [-0.3, -0.25) is 0 Å². The van der Waals surface area contributed by atoms with E-state index in [1.165, 1.54) is 44.1 Å². The number of halogens is 1. The third-order valence-electron chi connectivity index (χ3n) is 5.27. The normalized spacial score (nSPS) is 15.8. The predicted octanol–water partition coefficient (Wildman–Crippen LogP) is 6.42. The molecule has 0 heterocycles. The van der Waals surface area contributed by atoms with Gasteiger partial charge >= 0.3 is 5.97 Å². The quantitative estimate of drug-likeness (QED) is 0.291. The lowest BCUT2D eigenvalue weighted by Gasteiger charge is -2.21. The van der Waals surface area contributed by atoms with Crippen LogP contribution in [0.3, 0.4) is 0 Å². The molecule has 0 spiro atoms. The number of aryl methyl sites for hydroxylation is 1. The van der Waals surface area contributed by atoms with E-state index in [1.54, 1.807) is 24.3 Å². The first kappa shape index (κ1) is 20.7. The molecule has 1 aliphatic carbocycles. The molecule has 0 bridgehead atoms. The second kappa shape index (κ2) is 10.5. The molecule has 4 heteroatoms. The van der Waals surface area contributed by atoms with E-state index < -0.39 is 0 Å². The number of benzene rings is 2. The van der Waals surface area contributed by atoms with Crippen molar-refractivity contribution in [3.63, 3.8) is 0 Å². The van der Waals surface area contributed by atoms with Crippen molar-refractivity contribution in [1.82, 2.24) is 0 Å². The molecule has 28 heavy (non-hydrogen) atoms. The molecule has 0 N–H and O–H groups in total. The minimum atomic E-state index is -0.368. The van der Waals surface area contributed by atoms with Gasteiger partial charge in [0.15, 0.2) is 0 Å². The Hall–Kier alpha value is -2.00. The van der Waals surface area contributed by atoms with Crippen LogP contribution in [0.4, 0.5) is 0 Å². The highest BCUT2D eigenvalue weighted by molar-refractivity contribution is 6.20. The lowest BCUT2D eigenvalue weighted by atomic mass is 9.85. The van der Waals surface area contributed by atoms with Crippen molar-refractivity contribution in [2.75, 3.05) is 6.61 Å². The highest BCUT2D eigenvalue weighted by Gasteiger charge is 2.13. The number of hydrogen-bond donors (Lipinski definition) is 0. The number of carbonyl (C=O) groups is 1. The molecule has 150 valence electrons. The van der Waals surface area contributed by atoms with Gasteiger partial charge in [-0.1, -0.05) is 44.2 Å². The first-order valence-corrected chi connectivity index (χ1v) is 10.7. The Bertz CT molecular complexity index is 731. The lowest BCUT2D eigenvalue weighted by molar-refractivity contribution is 0.0734. The molecule has 0 radical (unpaired) electrons. The highest BCUT2D eigenvalue weighted by atomic mass is 35.5. The Kier molecular flexibility index (Phi) is 7.79. The molecule has 0 saturated heterocycles. The Morgan fingerprint density at radius 3 is 2.29 bits per heavy atom. The molecular formula is C24H29ClO3. The smallest absolute Gasteiger partial charge is 0.343 e. The van der Waals surface area contributed by atoms with Crippen LogP contribution in [-0.2, 0) is 6.42 Å². The van der Waals surface area contributed by atoms with E-state index in [0.29, 0.717) is 23.7 Å². The topological polar surface area (TPSA) is 35.5 Å². The first-order chi connectivity index (χ1) is 13.6. The van der Waals surface area contributed by atoms with E-state index in [-0.39, 0.29) is 11.3 Å². The van der Waals surface area contributed by atoms with Crippen LogP contribution in [0.2, 0.25) is 0 Å². The van der Waals surface area contributed by atoms with Crippen molar-refractivity contribution in [1.29, 1.82) is 0 Å². The second-order valence-corrected chi connectivity index (χ2v) is 8.44. The Balaban J connectivity index is 1.48. The number of carbonyl (C=O) groups excluding carboxylic acids is 1. The minimum absolute atomic E-state index is 0.0599. The molecule has 0 amide bonds. The summed E-state index contributed by atoms with van der Waals surface area (Å²) < 4.78 is 11.0.